The van der Waals surface area contributed by atoms with Crippen LogP contribution in [0, 0.1) is 6.92 Å². The molecule has 1 rings (SSSR count). The maximum Gasteiger partial charge on any atom is 0.272 e. The first-order valence-corrected chi connectivity index (χ1v) is 7.46. The Morgan fingerprint density at radius 1 is 1.15 bits per heavy atom. The van der Waals surface area contributed by atoms with Crippen molar-refractivity contribution in [1.82, 2.24) is 20.2 Å². The number of hydrogen-bond acceptors (Lipinski definition) is 4. The van der Waals surface area contributed by atoms with E-state index in [-0.39, 0.29) is 5.91 Å². The number of aromatic nitrogens is 2. The summed E-state index contributed by atoms with van der Waals surface area (Å²) in [7, 11) is 0. The SMILES string of the molecule is CCCCN(CCCC)CNC(=O)c1cnc(C)cn1. The van der Waals surface area contributed by atoms with Crippen molar-refractivity contribution in [3.8, 4) is 0 Å². The van der Waals surface area contributed by atoms with Gasteiger partial charge in [-0.3, -0.25) is 14.7 Å². The van der Waals surface area contributed by atoms with Crippen LogP contribution in [0.5, 0.6) is 0 Å². The summed E-state index contributed by atoms with van der Waals surface area (Å²) in [5, 5.41) is 2.92. The summed E-state index contributed by atoms with van der Waals surface area (Å²) in [4.78, 5) is 22.4. The molecule has 0 unspecified atom stereocenters. The third-order valence-corrected chi connectivity index (χ3v) is 3.13. The van der Waals surface area contributed by atoms with Crippen molar-refractivity contribution in [3.63, 3.8) is 0 Å². The van der Waals surface area contributed by atoms with E-state index in [0.717, 1.165) is 31.6 Å². The quantitative estimate of drug-likeness (QED) is 0.705. The second-order valence-corrected chi connectivity index (χ2v) is 5.03. The van der Waals surface area contributed by atoms with Gasteiger partial charge in [0.25, 0.3) is 5.91 Å². The highest BCUT2D eigenvalue weighted by atomic mass is 16.2. The summed E-state index contributed by atoms with van der Waals surface area (Å²) in [6, 6.07) is 0. The van der Waals surface area contributed by atoms with Crippen molar-refractivity contribution in [3.05, 3.63) is 23.8 Å². The molecule has 5 nitrogen and oxygen atoms in total. The van der Waals surface area contributed by atoms with E-state index >= 15 is 0 Å². The molecule has 1 heterocycles. The lowest BCUT2D eigenvalue weighted by Crippen LogP contribution is -2.39. The Morgan fingerprint density at radius 2 is 1.80 bits per heavy atom. The predicted molar refractivity (Wildman–Crippen MR) is 80.5 cm³/mol. The van der Waals surface area contributed by atoms with Gasteiger partial charge in [-0.25, -0.2) is 4.98 Å². The first-order valence-electron chi connectivity index (χ1n) is 7.46. The molecule has 20 heavy (non-hydrogen) atoms. The smallest absolute Gasteiger partial charge is 0.272 e. The van der Waals surface area contributed by atoms with Crippen molar-refractivity contribution >= 4 is 5.91 Å². The number of nitrogens with one attached hydrogen (secondary N) is 1. The van der Waals surface area contributed by atoms with Crippen LogP contribution in [0.4, 0.5) is 0 Å². The topological polar surface area (TPSA) is 58.1 Å². The third kappa shape index (κ3) is 6.10. The molecule has 0 aliphatic carbocycles. The molecule has 5 heteroatoms. The van der Waals surface area contributed by atoms with Crippen LogP contribution in [-0.4, -0.2) is 40.5 Å². The molecular formula is C15H26N4O. The molecule has 0 radical (unpaired) electrons. The summed E-state index contributed by atoms with van der Waals surface area (Å²) in [6.07, 6.45) is 7.78. The molecule has 112 valence electrons. The first kappa shape index (κ1) is 16.6. The Labute approximate surface area is 121 Å². The monoisotopic (exact) mass is 278 g/mol. The van der Waals surface area contributed by atoms with Crippen LogP contribution in [0.2, 0.25) is 0 Å². The van der Waals surface area contributed by atoms with Crippen LogP contribution < -0.4 is 5.32 Å². The molecule has 0 spiro atoms. The maximum atomic E-state index is 12.0. The number of aryl methyl sites for hydroxylation is 1. The average Bonchev–Trinajstić information content (AvgIpc) is 2.47. The minimum atomic E-state index is -0.157. The van der Waals surface area contributed by atoms with Gasteiger partial charge >= 0.3 is 0 Å². The molecule has 0 aliphatic rings. The van der Waals surface area contributed by atoms with E-state index in [4.69, 9.17) is 0 Å². The Morgan fingerprint density at radius 3 is 2.30 bits per heavy atom. The molecule has 0 saturated heterocycles. The van der Waals surface area contributed by atoms with Gasteiger partial charge in [0.15, 0.2) is 0 Å². The van der Waals surface area contributed by atoms with Gasteiger partial charge in [-0.2, -0.15) is 0 Å². The van der Waals surface area contributed by atoms with Gasteiger partial charge in [-0.15, -0.1) is 0 Å². The molecule has 0 fully saturated rings. The minimum Gasteiger partial charge on any atom is -0.338 e. The van der Waals surface area contributed by atoms with E-state index in [0.29, 0.717) is 12.4 Å². The fourth-order valence-corrected chi connectivity index (χ4v) is 1.82. The fourth-order valence-electron chi connectivity index (χ4n) is 1.82. The molecule has 0 atom stereocenters. The van der Waals surface area contributed by atoms with Gasteiger partial charge in [0.2, 0.25) is 0 Å². The Hall–Kier alpha value is -1.49. The fraction of sp³-hybridized carbons (Fsp3) is 0.667. The molecular weight excluding hydrogens is 252 g/mol. The highest BCUT2D eigenvalue weighted by molar-refractivity contribution is 5.91. The highest BCUT2D eigenvalue weighted by Gasteiger charge is 2.09. The van der Waals surface area contributed by atoms with Crippen LogP contribution in [0.25, 0.3) is 0 Å². The first-order chi connectivity index (χ1) is 9.67. The lowest BCUT2D eigenvalue weighted by molar-refractivity contribution is 0.0915. The predicted octanol–water partition coefficient (Wildman–Crippen LogP) is 2.37. The number of hydrogen-bond donors (Lipinski definition) is 1. The van der Waals surface area contributed by atoms with Gasteiger partial charge in [0.1, 0.15) is 5.69 Å². The van der Waals surface area contributed by atoms with E-state index in [1.54, 1.807) is 6.20 Å². The molecule has 0 saturated carbocycles. The van der Waals surface area contributed by atoms with Crippen molar-refractivity contribution in [2.24, 2.45) is 0 Å². The normalized spacial score (nSPS) is 10.8. The lowest BCUT2D eigenvalue weighted by atomic mass is 10.3. The van der Waals surface area contributed by atoms with Crippen LogP contribution in [0.3, 0.4) is 0 Å². The zero-order valence-electron chi connectivity index (χ0n) is 12.9. The maximum absolute atomic E-state index is 12.0. The van der Waals surface area contributed by atoms with Crippen molar-refractivity contribution in [2.45, 2.75) is 46.5 Å². The molecule has 1 N–H and O–H groups in total. The molecule has 0 aliphatic heterocycles. The largest absolute Gasteiger partial charge is 0.338 e. The Kier molecular flexibility index (Phi) is 7.80. The van der Waals surface area contributed by atoms with Gasteiger partial charge < -0.3 is 5.32 Å². The second-order valence-electron chi connectivity index (χ2n) is 5.03. The Balaban J connectivity index is 2.44. The number of carbonyl (C=O) groups excluding carboxylic acids is 1. The number of rotatable bonds is 9. The van der Waals surface area contributed by atoms with E-state index in [2.05, 4.69) is 34.0 Å². The van der Waals surface area contributed by atoms with Crippen LogP contribution in [-0.2, 0) is 0 Å². The van der Waals surface area contributed by atoms with Crippen molar-refractivity contribution in [1.29, 1.82) is 0 Å². The molecule has 1 amide bonds. The average molecular weight is 278 g/mol. The molecule has 0 aromatic carbocycles. The van der Waals surface area contributed by atoms with Gasteiger partial charge in [0.05, 0.1) is 18.6 Å². The minimum absolute atomic E-state index is 0.157. The standard InChI is InChI=1S/C15H26N4O/c1-4-6-8-19(9-7-5-2)12-18-15(20)14-11-16-13(3)10-17-14/h10-11H,4-9,12H2,1-3H3,(H,18,20). The van der Waals surface area contributed by atoms with Crippen LogP contribution in [0.1, 0.15) is 55.7 Å². The van der Waals surface area contributed by atoms with Gasteiger partial charge in [-0.1, -0.05) is 26.7 Å². The van der Waals surface area contributed by atoms with E-state index in [1.807, 2.05) is 6.92 Å². The summed E-state index contributed by atoms with van der Waals surface area (Å²) in [5.41, 5.74) is 1.19. The second kappa shape index (κ2) is 9.42. The molecule has 1 aromatic heterocycles. The van der Waals surface area contributed by atoms with Crippen molar-refractivity contribution < 1.29 is 4.79 Å². The summed E-state index contributed by atoms with van der Waals surface area (Å²) in [5.74, 6) is -0.157. The van der Waals surface area contributed by atoms with E-state index in [1.165, 1.54) is 19.0 Å². The lowest BCUT2D eigenvalue weighted by Gasteiger charge is -2.22. The third-order valence-electron chi connectivity index (χ3n) is 3.13. The van der Waals surface area contributed by atoms with Crippen molar-refractivity contribution in [2.75, 3.05) is 19.8 Å². The van der Waals surface area contributed by atoms with Crippen LogP contribution >= 0.6 is 0 Å². The molecule has 0 bridgehead atoms. The Bertz CT molecular complexity index is 383. The molecule has 1 aromatic rings. The van der Waals surface area contributed by atoms with E-state index < -0.39 is 0 Å². The zero-order valence-corrected chi connectivity index (χ0v) is 12.9. The van der Waals surface area contributed by atoms with E-state index in [9.17, 15) is 4.79 Å². The summed E-state index contributed by atoms with van der Waals surface area (Å²) >= 11 is 0. The number of carbonyl (C=O) groups is 1. The number of amides is 1. The van der Waals surface area contributed by atoms with Crippen LogP contribution in [0.15, 0.2) is 12.4 Å². The van der Waals surface area contributed by atoms with Gasteiger partial charge in [0, 0.05) is 6.20 Å². The number of unbranched alkanes of at least 4 members (excludes halogenated alkanes) is 2. The highest BCUT2D eigenvalue weighted by Crippen LogP contribution is 1.99. The summed E-state index contributed by atoms with van der Waals surface area (Å²) < 4.78 is 0. The zero-order chi connectivity index (χ0) is 14.8. The van der Waals surface area contributed by atoms with Gasteiger partial charge in [-0.05, 0) is 32.9 Å². The number of nitrogens with zero attached hydrogens (tertiary/aromatic N) is 3. The summed E-state index contributed by atoms with van der Waals surface area (Å²) in [6.45, 7) is 8.84.